The van der Waals surface area contributed by atoms with Crippen molar-refractivity contribution in [2.75, 3.05) is 20.3 Å². The Morgan fingerprint density at radius 2 is 1.76 bits per heavy atom. The molecule has 0 aliphatic heterocycles. The molecule has 0 aliphatic rings. The van der Waals surface area contributed by atoms with Gasteiger partial charge in [-0.3, -0.25) is 0 Å². The van der Waals surface area contributed by atoms with E-state index in [9.17, 15) is 0 Å². The van der Waals surface area contributed by atoms with E-state index in [-0.39, 0.29) is 0 Å². The molecular formula is C15H25NO. The van der Waals surface area contributed by atoms with Gasteiger partial charge in [-0.05, 0) is 56.5 Å². The van der Waals surface area contributed by atoms with Crippen molar-refractivity contribution >= 4 is 0 Å². The lowest BCUT2D eigenvalue weighted by Gasteiger charge is -2.20. The second-order valence-electron chi connectivity index (χ2n) is 4.71. The Kier molecular flexibility index (Phi) is 5.66. The van der Waals surface area contributed by atoms with E-state index in [1.807, 2.05) is 7.05 Å². The Balaban J connectivity index is 2.84. The number of rotatable bonds is 6. The average molecular weight is 235 g/mol. The van der Waals surface area contributed by atoms with E-state index in [1.54, 1.807) is 0 Å². The van der Waals surface area contributed by atoms with Gasteiger partial charge in [-0.1, -0.05) is 19.1 Å². The van der Waals surface area contributed by atoms with Crippen molar-refractivity contribution in [3.63, 3.8) is 0 Å². The molecule has 1 aromatic rings. The fraction of sp³-hybridized carbons (Fsp3) is 0.600. The van der Waals surface area contributed by atoms with E-state index in [0.717, 1.165) is 19.6 Å². The van der Waals surface area contributed by atoms with Gasteiger partial charge in [0.25, 0.3) is 0 Å². The van der Waals surface area contributed by atoms with Crippen molar-refractivity contribution < 1.29 is 4.74 Å². The second-order valence-corrected chi connectivity index (χ2v) is 4.71. The third-order valence-corrected chi connectivity index (χ3v) is 3.24. The highest BCUT2D eigenvalue weighted by Crippen LogP contribution is 2.22. The van der Waals surface area contributed by atoms with Crippen molar-refractivity contribution in [3.8, 4) is 0 Å². The molecule has 1 rings (SSSR count). The molecule has 1 unspecified atom stereocenters. The summed E-state index contributed by atoms with van der Waals surface area (Å²) in [6.07, 6.45) is 1.07. The molecule has 2 heteroatoms. The summed E-state index contributed by atoms with van der Waals surface area (Å²) in [6.45, 7) is 10.2. The van der Waals surface area contributed by atoms with Crippen molar-refractivity contribution in [2.24, 2.45) is 0 Å². The van der Waals surface area contributed by atoms with Crippen LogP contribution < -0.4 is 5.32 Å². The topological polar surface area (TPSA) is 21.3 Å². The molecule has 1 N–H and O–H groups in total. The van der Waals surface area contributed by atoms with Crippen molar-refractivity contribution in [1.82, 2.24) is 5.32 Å². The quantitative estimate of drug-likeness (QED) is 0.764. The number of hydrogen-bond acceptors (Lipinski definition) is 2. The predicted molar refractivity (Wildman–Crippen MR) is 73.6 cm³/mol. The molecule has 1 atom stereocenters. The minimum Gasteiger partial charge on any atom is -0.379 e. The van der Waals surface area contributed by atoms with Crippen LogP contribution in [0, 0.1) is 20.8 Å². The number of likely N-dealkylation sites (N-methyl/N-ethyl adjacent to an activating group) is 1. The maximum Gasteiger partial charge on any atom is 0.0661 e. The summed E-state index contributed by atoms with van der Waals surface area (Å²) in [5.74, 6) is 0. The van der Waals surface area contributed by atoms with Crippen molar-refractivity contribution in [2.45, 2.75) is 40.2 Å². The Bertz CT molecular complexity index is 360. The van der Waals surface area contributed by atoms with Gasteiger partial charge in [-0.2, -0.15) is 0 Å². The molecule has 0 aliphatic carbocycles. The van der Waals surface area contributed by atoms with Crippen LogP contribution in [0.25, 0.3) is 0 Å². The van der Waals surface area contributed by atoms with Crippen molar-refractivity contribution in [1.29, 1.82) is 0 Å². The van der Waals surface area contributed by atoms with E-state index in [4.69, 9.17) is 4.74 Å². The molecule has 0 spiro atoms. The molecule has 17 heavy (non-hydrogen) atoms. The number of benzene rings is 1. The summed E-state index contributed by atoms with van der Waals surface area (Å²) < 4.78 is 5.65. The van der Waals surface area contributed by atoms with Crippen LogP contribution in [-0.2, 0) is 4.74 Å². The molecule has 2 nitrogen and oxygen atoms in total. The van der Waals surface area contributed by atoms with Crippen LogP contribution in [0.1, 0.15) is 41.6 Å². The van der Waals surface area contributed by atoms with E-state index in [0.29, 0.717) is 6.04 Å². The lowest BCUT2D eigenvalue weighted by Crippen LogP contribution is -2.23. The maximum atomic E-state index is 5.65. The van der Waals surface area contributed by atoms with Crippen LogP contribution in [-0.4, -0.2) is 20.3 Å². The summed E-state index contributed by atoms with van der Waals surface area (Å²) in [5, 5.41) is 3.34. The van der Waals surface area contributed by atoms with E-state index < -0.39 is 0 Å². The summed E-state index contributed by atoms with van der Waals surface area (Å²) >= 11 is 0. The van der Waals surface area contributed by atoms with Gasteiger partial charge < -0.3 is 10.1 Å². The Morgan fingerprint density at radius 1 is 1.12 bits per heavy atom. The monoisotopic (exact) mass is 235 g/mol. The van der Waals surface area contributed by atoms with Crippen LogP contribution in [0.5, 0.6) is 0 Å². The highest BCUT2D eigenvalue weighted by molar-refractivity contribution is 5.38. The largest absolute Gasteiger partial charge is 0.379 e. The van der Waals surface area contributed by atoms with Gasteiger partial charge in [0.2, 0.25) is 0 Å². The molecule has 0 aromatic heterocycles. The van der Waals surface area contributed by atoms with Crippen LogP contribution in [0.4, 0.5) is 0 Å². The number of hydrogen-bond donors (Lipinski definition) is 1. The molecule has 1 aromatic carbocycles. The average Bonchev–Trinajstić information content (AvgIpc) is 2.30. The standard InChI is InChI=1S/C15H25NO/c1-6-7-17-10-15(16-5)14-9-12(3)11(2)8-13(14)4/h8-9,15-16H,6-7,10H2,1-5H3. The molecule has 0 fully saturated rings. The molecule has 0 radical (unpaired) electrons. The zero-order chi connectivity index (χ0) is 12.8. The fourth-order valence-electron chi connectivity index (χ4n) is 2.03. The molecule has 0 heterocycles. The zero-order valence-corrected chi connectivity index (χ0v) is 11.8. The van der Waals surface area contributed by atoms with E-state index in [2.05, 4.69) is 45.1 Å². The Labute approximate surface area is 105 Å². The third-order valence-electron chi connectivity index (χ3n) is 3.24. The molecule has 0 saturated heterocycles. The summed E-state index contributed by atoms with van der Waals surface area (Å²) in [4.78, 5) is 0. The number of aryl methyl sites for hydroxylation is 3. The highest BCUT2D eigenvalue weighted by atomic mass is 16.5. The van der Waals surface area contributed by atoms with Gasteiger partial charge in [0.05, 0.1) is 12.6 Å². The van der Waals surface area contributed by atoms with Crippen LogP contribution in [0.3, 0.4) is 0 Å². The lowest BCUT2D eigenvalue weighted by atomic mass is 9.96. The minimum atomic E-state index is 0.292. The summed E-state index contributed by atoms with van der Waals surface area (Å²) in [5.41, 5.74) is 5.40. The number of nitrogens with one attached hydrogen (secondary N) is 1. The molecule has 96 valence electrons. The van der Waals surface area contributed by atoms with Crippen molar-refractivity contribution in [3.05, 3.63) is 34.4 Å². The number of ether oxygens (including phenoxy) is 1. The first kappa shape index (κ1) is 14.2. The maximum absolute atomic E-state index is 5.65. The van der Waals surface area contributed by atoms with Gasteiger partial charge >= 0.3 is 0 Å². The van der Waals surface area contributed by atoms with Crippen LogP contribution in [0.15, 0.2) is 12.1 Å². The third kappa shape index (κ3) is 3.83. The first-order valence-corrected chi connectivity index (χ1v) is 6.42. The van der Waals surface area contributed by atoms with Gasteiger partial charge in [0.1, 0.15) is 0 Å². The lowest BCUT2D eigenvalue weighted by molar-refractivity contribution is 0.114. The molecule has 0 amide bonds. The van der Waals surface area contributed by atoms with Crippen LogP contribution >= 0.6 is 0 Å². The first-order chi connectivity index (χ1) is 8.10. The van der Waals surface area contributed by atoms with E-state index >= 15 is 0 Å². The Hall–Kier alpha value is -0.860. The Morgan fingerprint density at radius 3 is 2.35 bits per heavy atom. The zero-order valence-electron chi connectivity index (χ0n) is 11.8. The molecule has 0 bridgehead atoms. The first-order valence-electron chi connectivity index (χ1n) is 6.42. The van der Waals surface area contributed by atoms with Gasteiger partial charge in [-0.15, -0.1) is 0 Å². The molecular weight excluding hydrogens is 210 g/mol. The van der Waals surface area contributed by atoms with Gasteiger partial charge in [-0.25, -0.2) is 0 Å². The molecule has 0 saturated carbocycles. The van der Waals surface area contributed by atoms with Crippen LogP contribution in [0.2, 0.25) is 0 Å². The van der Waals surface area contributed by atoms with Gasteiger partial charge in [0, 0.05) is 6.61 Å². The normalized spacial score (nSPS) is 12.8. The predicted octanol–water partition coefficient (Wildman–Crippen LogP) is 3.30. The summed E-state index contributed by atoms with van der Waals surface area (Å²) in [7, 11) is 1.99. The summed E-state index contributed by atoms with van der Waals surface area (Å²) in [6, 6.07) is 4.83. The van der Waals surface area contributed by atoms with Gasteiger partial charge in [0.15, 0.2) is 0 Å². The van der Waals surface area contributed by atoms with E-state index in [1.165, 1.54) is 22.3 Å². The fourth-order valence-corrected chi connectivity index (χ4v) is 2.03. The highest BCUT2D eigenvalue weighted by Gasteiger charge is 2.12. The second kappa shape index (κ2) is 6.77. The smallest absolute Gasteiger partial charge is 0.0661 e. The SMILES string of the molecule is CCCOCC(NC)c1cc(C)c(C)cc1C. The minimum absolute atomic E-state index is 0.292.